The lowest BCUT2D eigenvalue weighted by atomic mass is 10.3. The van der Waals surface area contributed by atoms with Gasteiger partial charge in [-0.25, -0.2) is 0 Å². The van der Waals surface area contributed by atoms with Crippen molar-refractivity contribution in [2.45, 2.75) is 6.42 Å². The molecule has 0 aliphatic carbocycles. The molecule has 0 spiro atoms. The highest BCUT2D eigenvalue weighted by atomic mass is 35.5. The average molecular weight is 233 g/mol. The monoisotopic (exact) mass is 232 g/mol. The van der Waals surface area contributed by atoms with Gasteiger partial charge >= 0.3 is 0 Å². The minimum atomic E-state index is -0.0290. The van der Waals surface area contributed by atoms with Crippen LogP contribution in [-0.4, -0.2) is 18.3 Å². The molecule has 2 nitrogen and oxygen atoms in total. The molecule has 1 aromatic rings. The van der Waals surface area contributed by atoms with Crippen molar-refractivity contribution in [1.82, 2.24) is 0 Å². The number of Topliss-reactive ketones (excluding diaryl/α,β-unsaturated/α-hetero) is 1. The molecule has 14 heavy (non-hydrogen) atoms. The zero-order chi connectivity index (χ0) is 10.4. The summed E-state index contributed by atoms with van der Waals surface area (Å²) in [5.41, 5.74) is 0. The Morgan fingerprint density at radius 1 is 1.36 bits per heavy atom. The Kier molecular flexibility index (Phi) is 4.77. The van der Waals surface area contributed by atoms with Crippen molar-refractivity contribution in [3.8, 4) is 5.75 Å². The summed E-state index contributed by atoms with van der Waals surface area (Å²) in [6.45, 7) is 0.315. The minimum absolute atomic E-state index is 0.0290. The van der Waals surface area contributed by atoms with Gasteiger partial charge in [0.1, 0.15) is 5.75 Å². The SMILES string of the molecule is O=C(CCl)CCOc1ccccc1Cl. The average Bonchev–Trinajstić information content (AvgIpc) is 2.20. The number of rotatable bonds is 5. The smallest absolute Gasteiger partial charge is 0.150 e. The van der Waals surface area contributed by atoms with E-state index in [-0.39, 0.29) is 11.7 Å². The maximum Gasteiger partial charge on any atom is 0.150 e. The van der Waals surface area contributed by atoms with Gasteiger partial charge < -0.3 is 4.74 Å². The lowest BCUT2D eigenvalue weighted by molar-refractivity contribution is -0.117. The number of ketones is 1. The van der Waals surface area contributed by atoms with Crippen LogP contribution in [0.1, 0.15) is 6.42 Å². The molecule has 0 atom stereocenters. The number of hydrogen-bond acceptors (Lipinski definition) is 2. The summed E-state index contributed by atoms with van der Waals surface area (Å²) in [5.74, 6) is 0.599. The van der Waals surface area contributed by atoms with Crippen LogP contribution in [0.2, 0.25) is 5.02 Å². The largest absolute Gasteiger partial charge is 0.492 e. The van der Waals surface area contributed by atoms with E-state index >= 15 is 0 Å². The lowest BCUT2D eigenvalue weighted by Crippen LogP contribution is -2.07. The second kappa shape index (κ2) is 5.89. The molecule has 0 saturated carbocycles. The second-order valence-corrected chi connectivity index (χ2v) is 3.38. The van der Waals surface area contributed by atoms with Crippen LogP contribution in [0.25, 0.3) is 0 Å². The minimum Gasteiger partial charge on any atom is -0.492 e. The number of ether oxygens (including phenoxy) is 1. The fourth-order valence-electron chi connectivity index (χ4n) is 0.903. The van der Waals surface area contributed by atoms with Crippen molar-refractivity contribution < 1.29 is 9.53 Å². The van der Waals surface area contributed by atoms with Crippen molar-refractivity contribution in [3.63, 3.8) is 0 Å². The van der Waals surface area contributed by atoms with Crippen LogP contribution >= 0.6 is 23.2 Å². The number of carbonyl (C=O) groups excluding carboxylic acids is 1. The summed E-state index contributed by atoms with van der Waals surface area (Å²) in [6, 6.07) is 7.14. The summed E-state index contributed by atoms with van der Waals surface area (Å²) in [7, 11) is 0. The lowest BCUT2D eigenvalue weighted by Gasteiger charge is -2.05. The first-order valence-corrected chi connectivity index (χ1v) is 5.10. The fourth-order valence-corrected chi connectivity index (χ4v) is 1.23. The molecule has 76 valence electrons. The molecule has 0 aliphatic rings. The Hall–Kier alpha value is -0.730. The van der Waals surface area contributed by atoms with Gasteiger partial charge in [-0.3, -0.25) is 4.79 Å². The molecule has 0 N–H and O–H groups in total. The highest BCUT2D eigenvalue weighted by molar-refractivity contribution is 6.32. The van der Waals surface area contributed by atoms with E-state index in [4.69, 9.17) is 27.9 Å². The van der Waals surface area contributed by atoms with Crippen LogP contribution in [0.3, 0.4) is 0 Å². The molecule has 0 fully saturated rings. The van der Waals surface area contributed by atoms with E-state index in [2.05, 4.69) is 0 Å². The maximum atomic E-state index is 10.8. The van der Waals surface area contributed by atoms with Crippen LogP contribution in [0, 0.1) is 0 Å². The number of alkyl halides is 1. The molecule has 1 rings (SSSR count). The van der Waals surface area contributed by atoms with Gasteiger partial charge in [0.2, 0.25) is 0 Å². The first kappa shape index (κ1) is 11.3. The third-order valence-corrected chi connectivity index (χ3v) is 2.23. The van der Waals surface area contributed by atoms with E-state index in [0.29, 0.717) is 23.8 Å². The number of para-hydroxylation sites is 1. The molecule has 0 aromatic heterocycles. The molecule has 0 saturated heterocycles. The summed E-state index contributed by atoms with van der Waals surface area (Å²) >= 11 is 11.2. The van der Waals surface area contributed by atoms with Gasteiger partial charge in [-0.2, -0.15) is 0 Å². The second-order valence-electron chi connectivity index (χ2n) is 2.70. The van der Waals surface area contributed by atoms with Crippen molar-refractivity contribution in [3.05, 3.63) is 29.3 Å². The van der Waals surface area contributed by atoms with Crippen molar-refractivity contribution in [1.29, 1.82) is 0 Å². The van der Waals surface area contributed by atoms with Gasteiger partial charge in [-0.05, 0) is 12.1 Å². The van der Waals surface area contributed by atoms with Gasteiger partial charge in [0.05, 0.1) is 17.5 Å². The molecule has 1 aromatic carbocycles. The van der Waals surface area contributed by atoms with Crippen molar-refractivity contribution >= 4 is 29.0 Å². The summed E-state index contributed by atoms with van der Waals surface area (Å²) in [4.78, 5) is 10.8. The van der Waals surface area contributed by atoms with E-state index in [0.717, 1.165) is 0 Å². The van der Waals surface area contributed by atoms with Crippen LogP contribution < -0.4 is 4.74 Å². The van der Waals surface area contributed by atoms with Crippen LogP contribution in [-0.2, 0) is 4.79 Å². The third-order valence-electron chi connectivity index (χ3n) is 1.62. The highest BCUT2D eigenvalue weighted by Gasteiger charge is 2.02. The van der Waals surface area contributed by atoms with E-state index < -0.39 is 0 Å². The molecule has 0 unspecified atom stereocenters. The number of carbonyl (C=O) groups is 1. The first-order chi connectivity index (χ1) is 6.74. The normalized spacial score (nSPS) is 9.86. The van der Waals surface area contributed by atoms with Gasteiger partial charge in [0.15, 0.2) is 5.78 Å². The van der Waals surface area contributed by atoms with Crippen molar-refractivity contribution in [2.24, 2.45) is 0 Å². The fraction of sp³-hybridized carbons (Fsp3) is 0.300. The molecule has 0 bridgehead atoms. The maximum absolute atomic E-state index is 10.8. The van der Waals surface area contributed by atoms with E-state index in [9.17, 15) is 4.79 Å². The van der Waals surface area contributed by atoms with Gasteiger partial charge in [0.25, 0.3) is 0 Å². The Bertz CT molecular complexity index is 313. The molecule has 4 heteroatoms. The van der Waals surface area contributed by atoms with E-state index in [1.807, 2.05) is 12.1 Å². The Balaban J connectivity index is 2.39. The summed E-state index contributed by atoms with van der Waals surface area (Å²) in [5, 5.41) is 0.547. The standard InChI is InChI=1S/C10H10Cl2O2/c11-7-8(13)5-6-14-10-4-2-1-3-9(10)12/h1-4H,5-7H2. The summed E-state index contributed by atoms with van der Waals surface area (Å²) < 4.78 is 5.30. The molecular weight excluding hydrogens is 223 g/mol. The number of halogens is 2. The Morgan fingerprint density at radius 2 is 2.07 bits per heavy atom. The van der Waals surface area contributed by atoms with Gasteiger partial charge in [-0.15, -0.1) is 11.6 Å². The topological polar surface area (TPSA) is 26.3 Å². The predicted octanol–water partition coefficient (Wildman–Crippen LogP) is 2.92. The van der Waals surface area contributed by atoms with Crippen LogP contribution in [0.4, 0.5) is 0 Å². The first-order valence-electron chi connectivity index (χ1n) is 4.19. The Labute approximate surface area is 92.8 Å². The molecule has 0 heterocycles. The predicted molar refractivity (Wildman–Crippen MR) is 57.3 cm³/mol. The van der Waals surface area contributed by atoms with Crippen LogP contribution in [0.5, 0.6) is 5.75 Å². The summed E-state index contributed by atoms with van der Waals surface area (Å²) in [6.07, 6.45) is 0.314. The molecule has 0 radical (unpaired) electrons. The molecular formula is C10H10Cl2O2. The Morgan fingerprint density at radius 3 is 2.71 bits per heavy atom. The number of benzene rings is 1. The number of hydrogen-bond donors (Lipinski definition) is 0. The zero-order valence-electron chi connectivity index (χ0n) is 7.50. The van der Waals surface area contributed by atoms with Gasteiger partial charge in [0, 0.05) is 6.42 Å². The van der Waals surface area contributed by atoms with Gasteiger partial charge in [-0.1, -0.05) is 23.7 Å². The van der Waals surface area contributed by atoms with Crippen molar-refractivity contribution in [2.75, 3.05) is 12.5 Å². The van der Waals surface area contributed by atoms with Crippen LogP contribution in [0.15, 0.2) is 24.3 Å². The quantitative estimate of drug-likeness (QED) is 0.731. The zero-order valence-corrected chi connectivity index (χ0v) is 9.02. The highest BCUT2D eigenvalue weighted by Crippen LogP contribution is 2.22. The molecule has 0 aliphatic heterocycles. The molecule has 0 amide bonds. The van der Waals surface area contributed by atoms with E-state index in [1.165, 1.54) is 0 Å². The third kappa shape index (κ3) is 3.56. The van der Waals surface area contributed by atoms with E-state index in [1.54, 1.807) is 12.1 Å².